The van der Waals surface area contributed by atoms with Crippen molar-refractivity contribution in [3.8, 4) is 0 Å². The number of hydrogen-bond acceptors (Lipinski definition) is 3. The highest BCUT2D eigenvalue weighted by molar-refractivity contribution is 5.75. The standard InChI is InChI=1S/C12H24N2O4/c1-9(2)14(6-5-11(15)16)12(17)13-7-10(3)8-18-4/h9-10H,5-8H2,1-4H3,(H,13,17)(H,15,16). The maximum Gasteiger partial charge on any atom is 0.317 e. The van der Waals surface area contributed by atoms with Gasteiger partial charge in [-0.1, -0.05) is 6.92 Å². The number of rotatable bonds is 8. The number of amides is 2. The molecule has 0 aromatic carbocycles. The fourth-order valence-electron chi connectivity index (χ4n) is 1.52. The molecule has 0 heterocycles. The Kier molecular flexibility index (Phi) is 8.11. The quantitative estimate of drug-likeness (QED) is 0.686. The lowest BCUT2D eigenvalue weighted by Gasteiger charge is -2.27. The number of methoxy groups -OCH3 is 1. The summed E-state index contributed by atoms with van der Waals surface area (Å²) in [6.45, 7) is 7.01. The third-order valence-electron chi connectivity index (χ3n) is 2.50. The van der Waals surface area contributed by atoms with Gasteiger partial charge >= 0.3 is 12.0 Å². The van der Waals surface area contributed by atoms with Crippen molar-refractivity contribution in [3.05, 3.63) is 0 Å². The number of urea groups is 1. The second-order valence-electron chi connectivity index (χ2n) is 4.68. The van der Waals surface area contributed by atoms with Gasteiger partial charge in [0, 0.05) is 26.2 Å². The molecule has 0 spiro atoms. The molecule has 0 aliphatic rings. The third kappa shape index (κ3) is 7.11. The van der Waals surface area contributed by atoms with Crippen LogP contribution in [0, 0.1) is 5.92 Å². The summed E-state index contributed by atoms with van der Waals surface area (Å²) in [6.07, 6.45) is -0.0424. The van der Waals surface area contributed by atoms with Crippen LogP contribution in [0.2, 0.25) is 0 Å². The van der Waals surface area contributed by atoms with Gasteiger partial charge in [-0.25, -0.2) is 4.79 Å². The third-order valence-corrected chi connectivity index (χ3v) is 2.50. The highest BCUT2D eigenvalue weighted by Gasteiger charge is 2.18. The average molecular weight is 260 g/mol. The Morgan fingerprint density at radius 1 is 1.33 bits per heavy atom. The van der Waals surface area contributed by atoms with Crippen LogP contribution in [-0.4, -0.2) is 54.9 Å². The van der Waals surface area contributed by atoms with Gasteiger partial charge in [-0.2, -0.15) is 0 Å². The number of carbonyl (C=O) groups excluding carboxylic acids is 1. The molecule has 0 rings (SSSR count). The summed E-state index contributed by atoms with van der Waals surface area (Å²) in [5.41, 5.74) is 0. The summed E-state index contributed by atoms with van der Waals surface area (Å²) in [7, 11) is 1.62. The molecule has 18 heavy (non-hydrogen) atoms. The average Bonchev–Trinajstić information content (AvgIpc) is 2.26. The molecule has 0 saturated heterocycles. The Bertz CT molecular complexity index is 269. The fourth-order valence-corrected chi connectivity index (χ4v) is 1.52. The first kappa shape index (κ1) is 16.7. The molecular formula is C12H24N2O4. The smallest absolute Gasteiger partial charge is 0.317 e. The second-order valence-corrected chi connectivity index (χ2v) is 4.68. The number of carboxylic acids is 1. The zero-order valence-corrected chi connectivity index (χ0v) is 11.6. The highest BCUT2D eigenvalue weighted by atomic mass is 16.5. The second kappa shape index (κ2) is 8.74. The summed E-state index contributed by atoms with van der Waals surface area (Å²) < 4.78 is 4.98. The Balaban J connectivity index is 4.18. The van der Waals surface area contributed by atoms with Gasteiger partial charge in [-0.05, 0) is 19.8 Å². The minimum Gasteiger partial charge on any atom is -0.481 e. The van der Waals surface area contributed by atoms with Gasteiger partial charge in [0.15, 0.2) is 0 Å². The van der Waals surface area contributed by atoms with E-state index in [1.165, 1.54) is 4.90 Å². The van der Waals surface area contributed by atoms with Gasteiger partial charge in [0.2, 0.25) is 0 Å². The maximum absolute atomic E-state index is 11.9. The van der Waals surface area contributed by atoms with Gasteiger partial charge < -0.3 is 20.1 Å². The van der Waals surface area contributed by atoms with Crippen molar-refractivity contribution < 1.29 is 19.4 Å². The van der Waals surface area contributed by atoms with E-state index in [9.17, 15) is 9.59 Å². The van der Waals surface area contributed by atoms with Gasteiger partial charge in [0.1, 0.15) is 0 Å². The van der Waals surface area contributed by atoms with Crippen LogP contribution in [-0.2, 0) is 9.53 Å². The van der Waals surface area contributed by atoms with Crippen molar-refractivity contribution in [2.24, 2.45) is 5.92 Å². The van der Waals surface area contributed by atoms with Crippen LogP contribution < -0.4 is 5.32 Å². The number of nitrogens with one attached hydrogen (secondary N) is 1. The van der Waals surface area contributed by atoms with Crippen LogP contribution in [0.4, 0.5) is 4.79 Å². The van der Waals surface area contributed by atoms with E-state index in [0.29, 0.717) is 13.2 Å². The molecule has 106 valence electrons. The molecule has 6 heteroatoms. The van der Waals surface area contributed by atoms with E-state index in [1.807, 2.05) is 20.8 Å². The monoisotopic (exact) mass is 260 g/mol. The van der Waals surface area contributed by atoms with Crippen molar-refractivity contribution >= 4 is 12.0 Å². The maximum atomic E-state index is 11.9. The lowest BCUT2D eigenvalue weighted by Crippen LogP contribution is -2.46. The predicted octanol–water partition coefficient (Wildman–Crippen LogP) is 1.16. The number of ether oxygens (including phenoxy) is 1. The summed E-state index contributed by atoms with van der Waals surface area (Å²) >= 11 is 0. The first-order valence-corrected chi connectivity index (χ1v) is 6.13. The Labute approximate surface area is 108 Å². The molecular weight excluding hydrogens is 236 g/mol. The summed E-state index contributed by atoms with van der Waals surface area (Å²) in [5, 5.41) is 11.4. The Morgan fingerprint density at radius 3 is 2.39 bits per heavy atom. The Hall–Kier alpha value is -1.30. The minimum absolute atomic E-state index is 0.0259. The molecule has 0 fully saturated rings. The summed E-state index contributed by atoms with van der Waals surface area (Å²) in [4.78, 5) is 23.9. The van der Waals surface area contributed by atoms with Crippen molar-refractivity contribution in [1.82, 2.24) is 10.2 Å². The molecule has 2 N–H and O–H groups in total. The van der Waals surface area contributed by atoms with Gasteiger partial charge in [-0.15, -0.1) is 0 Å². The largest absolute Gasteiger partial charge is 0.481 e. The van der Waals surface area contributed by atoms with Gasteiger partial charge in [-0.3, -0.25) is 4.79 Å². The van der Waals surface area contributed by atoms with E-state index >= 15 is 0 Å². The van der Waals surface area contributed by atoms with Crippen molar-refractivity contribution in [1.29, 1.82) is 0 Å². The van der Waals surface area contributed by atoms with E-state index in [0.717, 1.165) is 0 Å². The topological polar surface area (TPSA) is 78.9 Å². The molecule has 1 atom stereocenters. The molecule has 0 radical (unpaired) electrons. The molecule has 6 nitrogen and oxygen atoms in total. The van der Waals surface area contributed by atoms with Crippen molar-refractivity contribution in [2.45, 2.75) is 33.2 Å². The van der Waals surface area contributed by atoms with Gasteiger partial charge in [0.05, 0.1) is 13.0 Å². The highest BCUT2D eigenvalue weighted by Crippen LogP contribution is 2.01. The number of carboxylic acid groups (broad SMARTS) is 1. The van der Waals surface area contributed by atoms with Crippen LogP contribution in [0.25, 0.3) is 0 Å². The first-order chi connectivity index (χ1) is 8.38. The molecule has 0 aromatic rings. The molecule has 0 bridgehead atoms. The molecule has 0 aromatic heterocycles. The Morgan fingerprint density at radius 2 is 1.94 bits per heavy atom. The molecule has 0 aliphatic carbocycles. The number of hydrogen-bond donors (Lipinski definition) is 2. The van der Waals surface area contributed by atoms with E-state index < -0.39 is 5.97 Å². The van der Waals surface area contributed by atoms with Gasteiger partial charge in [0.25, 0.3) is 0 Å². The fraction of sp³-hybridized carbons (Fsp3) is 0.833. The lowest BCUT2D eigenvalue weighted by molar-refractivity contribution is -0.137. The van der Waals surface area contributed by atoms with E-state index in [4.69, 9.17) is 9.84 Å². The molecule has 0 aliphatic heterocycles. The number of carbonyl (C=O) groups is 2. The molecule has 0 saturated carbocycles. The van der Waals surface area contributed by atoms with E-state index in [-0.39, 0.29) is 31.0 Å². The summed E-state index contributed by atoms with van der Waals surface area (Å²) in [6, 6.07) is -0.253. The van der Waals surface area contributed by atoms with Crippen molar-refractivity contribution in [3.63, 3.8) is 0 Å². The van der Waals surface area contributed by atoms with Crippen LogP contribution in [0.3, 0.4) is 0 Å². The zero-order chi connectivity index (χ0) is 14.1. The molecule has 1 unspecified atom stereocenters. The predicted molar refractivity (Wildman–Crippen MR) is 68.5 cm³/mol. The van der Waals surface area contributed by atoms with E-state index in [1.54, 1.807) is 7.11 Å². The SMILES string of the molecule is COCC(C)CNC(=O)N(CCC(=O)O)C(C)C. The van der Waals surface area contributed by atoms with Crippen molar-refractivity contribution in [2.75, 3.05) is 26.8 Å². The first-order valence-electron chi connectivity index (χ1n) is 6.13. The van der Waals surface area contributed by atoms with Crippen LogP contribution in [0.15, 0.2) is 0 Å². The minimum atomic E-state index is -0.902. The lowest BCUT2D eigenvalue weighted by atomic mass is 10.2. The molecule has 2 amide bonds. The van der Waals surface area contributed by atoms with E-state index in [2.05, 4.69) is 5.32 Å². The normalized spacial score (nSPS) is 12.3. The number of nitrogens with zero attached hydrogens (tertiary/aromatic N) is 1. The van der Waals surface area contributed by atoms with Crippen LogP contribution >= 0.6 is 0 Å². The number of aliphatic carboxylic acids is 1. The van der Waals surface area contributed by atoms with Crippen LogP contribution in [0.5, 0.6) is 0 Å². The zero-order valence-electron chi connectivity index (χ0n) is 11.6. The van der Waals surface area contributed by atoms with Crippen LogP contribution in [0.1, 0.15) is 27.2 Å². The summed E-state index contributed by atoms with van der Waals surface area (Å²) in [5.74, 6) is -0.673.